The summed E-state index contributed by atoms with van der Waals surface area (Å²) in [4.78, 5) is 4.96. The molecule has 8 aromatic carbocycles. The molecule has 0 amide bonds. The Morgan fingerprint density at radius 1 is 0.418 bits per heavy atom. The van der Waals surface area contributed by atoms with Crippen molar-refractivity contribution in [2.45, 2.75) is 84.5 Å². The van der Waals surface area contributed by atoms with Crippen LogP contribution in [0, 0.1) is 0 Å². The number of para-hydroxylation sites is 2. The van der Waals surface area contributed by atoms with Crippen molar-refractivity contribution in [2.24, 2.45) is 0 Å². The molecule has 2 aliphatic rings. The zero-order valence-electron chi connectivity index (χ0n) is 40.4. The number of anilines is 6. The molecule has 0 spiro atoms. The summed E-state index contributed by atoms with van der Waals surface area (Å²) >= 11 is 0. The molecule has 3 heterocycles. The molecule has 0 aliphatic carbocycles. The zero-order chi connectivity index (χ0) is 46.4. The second-order valence-corrected chi connectivity index (χ2v) is 21.8. The predicted octanol–water partition coefficient (Wildman–Crippen LogP) is 15.3. The van der Waals surface area contributed by atoms with Gasteiger partial charge in [-0.25, -0.2) is 0 Å². The first-order valence-electron chi connectivity index (χ1n) is 24.0. The maximum absolute atomic E-state index is 7.18. The van der Waals surface area contributed by atoms with Crippen LogP contribution in [-0.2, 0) is 16.2 Å². The van der Waals surface area contributed by atoms with E-state index in [4.69, 9.17) is 4.42 Å². The van der Waals surface area contributed by atoms with Crippen LogP contribution in [-0.4, -0.2) is 6.71 Å². The molecule has 0 unspecified atom stereocenters. The highest BCUT2D eigenvalue weighted by molar-refractivity contribution is 7.00. The van der Waals surface area contributed by atoms with E-state index in [-0.39, 0.29) is 28.9 Å². The van der Waals surface area contributed by atoms with Crippen LogP contribution in [0.2, 0.25) is 0 Å². The third-order valence-corrected chi connectivity index (χ3v) is 14.3. The third-order valence-electron chi connectivity index (χ3n) is 14.3. The Labute approximate surface area is 397 Å². The average Bonchev–Trinajstić information content (AvgIpc) is 3.71. The van der Waals surface area contributed by atoms with Crippen LogP contribution in [0.5, 0.6) is 0 Å². The second-order valence-electron chi connectivity index (χ2n) is 21.8. The van der Waals surface area contributed by atoms with Gasteiger partial charge in [-0.05, 0) is 126 Å². The van der Waals surface area contributed by atoms with E-state index in [9.17, 15) is 0 Å². The van der Waals surface area contributed by atoms with Gasteiger partial charge in [-0.15, -0.1) is 0 Å². The number of benzene rings is 8. The van der Waals surface area contributed by atoms with Crippen molar-refractivity contribution in [3.63, 3.8) is 0 Å². The fraction of sp³-hybridized carbons (Fsp3) is 0.206. The molecule has 2 aliphatic heterocycles. The largest absolute Gasteiger partial charge is 0.468 e. The average molecular weight is 871 g/mol. The molecule has 9 aromatic rings. The van der Waals surface area contributed by atoms with E-state index >= 15 is 0 Å². The Kier molecular flexibility index (Phi) is 10.0. The monoisotopic (exact) mass is 870 g/mol. The standard InChI is InChI=1S/C63H59BN2O/c1-61(2,3)46-32-25-41(26-33-46)44-17-15-20-50(39-44)66-54-23-16-22-53-58(54)64(60-59(66)51-21-13-14-24-56(51)67-60)52-38-31-45(40-55(52)65(53)49-18-11-10-12-19-49)57(42-27-34-47(35-28-42)62(4,5)6)43-29-36-48(37-30-43)63(7,8)9/h10-40,57H,1-9H3. The van der Waals surface area contributed by atoms with E-state index in [2.05, 4.69) is 260 Å². The highest BCUT2D eigenvalue weighted by Crippen LogP contribution is 2.48. The highest BCUT2D eigenvalue weighted by atomic mass is 16.3. The van der Waals surface area contributed by atoms with Gasteiger partial charge in [0.25, 0.3) is 6.71 Å². The Bertz CT molecular complexity index is 3230. The first-order valence-corrected chi connectivity index (χ1v) is 24.0. The van der Waals surface area contributed by atoms with Gasteiger partial charge < -0.3 is 14.2 Å². The second kappa shape index (κ2) is 15.8. The first kappa shape index (κ1) is 42.6. The summed E-state index contributed by atoms with van der Waals surface area (Å²) in [6.07, 6.45) is 0. The summed E-state index contributed by atoms with van der Waals surface area (Å²) in [6, 6.07) is 70.4. The lowest BCUT2D eigenvalue weighted by Crippen LogP contribution is -2.61. The molecule has 0 fully saturated rings. The summed E-state index contributed by atoms with van der Waals surface area (Å²) in [7, 11) is 0. The lowest BCUT2D eigenvalue weighted by Gasteiger charge is -2.42. The Hall–Kier alpha value is -7.04. The Morgan fingerprint density at radius 2 is 0.940 bits per heavy atom. The zero-order valence-corrected chi connectivity index (χ0v) is 40.4. The van der Waals surface area contributed by atoms with Gasteiger partial charge in [0.1, 0.15) is 5.58 Å². The number of furan rings is 1. The molecule has 4 heteroatoms. The molecule has 3 nitrogen and oxygen atoms in total. The van der Waals surface area contributed by atoms with E-state index < -0.39 is 0 Å². The number of nitrogens with zero attached hydrogens (tertiary/aromatic N) is 2. The van der Waals surface area contributed by atoms with Crippen LogP contribution in [0.3, 0.4) is 0 Å². The van der Waals surface area contributed by atoms with Crippen LogP contribution in [0.25, 0.3) is 22.1 Å². The molecule has 0 radical (unpaired) electrons. The number of hydrogen-bond acceptors (Lipinski definition) is 3. The highest BCUT2D eigenvalue weighted by Gasteiger charge is 2.46. The fourth-order valence-corrected chi connectivity index (χ4v) is 10.6. The van der Waals surface area contributed by atoms with Gasteiger partial charge in [0.15, 0.2) is 0 Å². The maximum Gasteiger partial charge on any atom is 0.297 e. The van der Waals surface area contributed by atoms with Gasteiger partial charge in [-0.1, -0.05) is 196 Å². The lowest BCUT2D eigenvalue weighted by atomic mass is 9.35. The summed E-state index contributed by atoms with van der Waals surface area (Å²) in [5.41, 5.74) is 21.5. The minimum atomic E-state index is -0.141. The van der Waals surface area contributed by atoms with E-state index in [0.717, 1.165) is 45.1 Å². The van der Waals surface area contributed by atoms with Gasteiger partial charge in [-0.3, -0.25) is 0 Å². The van der Waals surface area contributed by atoms with Crippen molar-refractivity contribution in [1.82, 2.24) is 0 Å². The smallest absolute Gasteiger partial charge is 0.297 e. The SMILES string of the molecule is CC(C)(C)c1ccc(-c2cccc(N3c4cccc5c4B(c4ccc(C(c6ccc(C(C)(C)C)cc6)c6ccc(C(C)(C)C)cc6)cc4N5c4ccccc4)c4oc5ccccc5c43)c2)cc1. The van der Waals surface area contributed by atoms with E-state index in [1.807, 2.05) is 0 Å². The number of rotatable bonds is 6. The maximum atomic E-state index is 7.18. The lowest BCUT2D eigenvalue weighted by molar-refractivity contribution is 0.589. The van der Waals surface area contributed by atoms with Gasteiger partial charge in [0.05, 0.1) is 11.3 Å². The van der Waals surface area contributed by atoms with Crippen LogP contribution in [0.15, 0.2) is 192 Å². The third kappa shape index (κ3) is 7.38. The molecule has 0 bridgehead atoms. The Balaban J connectivity index is 1.12. The van der Waals surface area contributed by atoms with Crippen molar-refractivity contribution >= 4 is 68.4 Å². The topological polar surface area (TPSA) is 19.6 Å². The molecule has 11 rings (SSSR count). The van der Waals surface area contributed by atoms with Crippen molar-refractivity contribution in [2.75, 3.05) is 9.80 Å². The predicted molar refractivity (Wildman–Crippen MR) is 286 cm³/mol. The van der Waals surface area contributed by atoms with Crippen LogP contribution < -0.4 is 26.4 Å². The number of fused-ring (bicyclic) bond motifs is 6. The molecule has 330 valence electrons. The van der Waals surface area contributed by atoms with Crippen LogP contribution >= 0.6 is 0 Å². The van der Waals surface area contributed by atoms with Crippen molar-refractivity contribution in [1.29, 1.82) is 0 Å². The van der Waals surface area contributed by atoms with Crippen LogP contribution in [0.4, 0.5) is 34.1 Å². The summed E-state index contributed by atoms with van der Waals surface area (Å²) in [5, 5.41) is 1.11. The summed E-state index contributed by atoms with van der Waals surface area (Å²) in [6.45, 7) is 20.4. The van der Waals surface area contributed by atoms with Crippen molar-refractivity contribution < 1.29 is 4.42 Å². The van der Waals surface area contributed by atoms with Gasteiger partial charge in [0, 0.05) is 39.7 Å². The Morgan fingerprint density at radius 3 is 1.55 bits per heavy atom. The normalized spacial score (nSPS) is 13.5. The molecular weight excluding hydrogens is 812 g/mol. The fourth-order valence-electron chi connectivity index (χ4n) is 10.6. The molecule has 0 saturated heterocycles. The molecule has 67 heavy (non-hydrogen) atoms. The molecule has 0 N–H and O–H groups in total. The molecule has 1 aromatic heterocycles. The van der Waals surface area contributed by atoms with E-state index in [0.29, 0.717) is 0 Å². The van der Waals surface area contributed by atoms with Gasteiger partial charge in [-0.2, -0.15) is 0 Å². The van der Waals surface area contributed by atoms with Crippen molar-refractivity contribution in [3.8, 4) is 11.1 Å². The molecule has 0 atom stereocenters. The van der Waals surface area contributed by atoms with E-state index in [1.165, 1.54) is 61.1 Å². The summed E-state index contributed by atoms with van der Waals surface area (Å²) < 4.78 is 7.18. The minimum Gasteiger partial charge on any atom is -0.468 e. The quantitative estimate of drug-likeness (QED) is 0.123. The van der Waals surface area contributed by atoms with E-state index in [1.54, 1.807) is 0 Å². The first-order chi connectivity index (χ1) is 32.1. The van der Waals surface area contributed by atoms with Gasteiger partial charge >= 0.3 is 0 Å². The summed E-state index contributed by atoms with van der Waals surface area (Å²) in [5.74, 6) is 0.0132. The van der Waals surface area contributed by atoms with Crippen molar-refractivity contribution in [3.05, 3.63) is 221 Å². The number of hydrogen-bond donors (Lipinski definition) is 0. The molecule has 0 saturated carbocycles. The molecular formula is C63H59BN2O. The van der Waals surface area contributed by atoms with Crippen LogP contribution in [0.1, 0.15) is 102 Å². The minimum absolute atomic E-state index is 0.0132. The van der Waals surface area contributed by atoms with Gasteiger partial charge in [0.2, 0.25) is 0 Å².